The molecule has 7 nitrogen and oxygen atoms in total. The molecule has 0 aliphatic rings. The zero-order valence-electron chi connectivity index (χ0n) is 14.0. The van der Waals surface area contributed by atoms with E-state index in [1.54, 1.807) is 12.3 Å². The van der Waals surface area contributed by atoms with Crippen LogP contribution in [0.2, 0.25) is 0 Å². The quantitative estimate of drug-likeness (QED) is 0.424. The van der Waals surface area contributed by atoms with Crippen LogP contribution in [0, 0.1) is 0 Å². The molecule has 0 aliphatic carbocycles. The average molecular weight is 369 g/mol. The van der Waals surface area contributed by atoms with Gasteiger partial charge in [-0.3, -0.25) is 4.79 Å². The number of hydrogen-bond acceptors (Lipinski definition) is 4. The number of pyridine rings is 1. The molecule has 0 atom stereocenters. The summed E-state index contributed by atoms with van der Waals surface area (Å²) in [7, 11) is 0. The second kappa shape index (κ2) is 8.41. The number of rotatable bonds is 6. The number of amides is 1. The lowest BCUT2D eigenvalue weighted by atomic mass is 10.1. The number of benzene rings is 1. The second-order valence-corrected chi connectivity index (χ2v) is 6.02. The third-order valence-electron chi connectivity index (χ3n) is 3.86. The predicted molar refractivity (Wildman–Crippen MR) is 105 cm³/mol. The molecular weight excluding hydrogens is 350 g/mol. The minimum absolute atomic E-state index is 0.448. The lowest BCUT2D eigenvalue weighted by Crippen LogP contribution is -2.34. The fourth-order valence-electron chi connectivity index (χ4n) is 2.57. The van der Waals surface area contributed by atoms with E-state index in [0.29, 0.717) is 23.9 Å². The minimum Gasteiger partial charge on any atom is -0.387 e. The Bertz CT molecular complexity index is 925. The summed E-state index contributed by atoms with van der Waals surface area (Å²) in [5.41, 5.74) is 3.45. The van der Waals surface area contributed by atoms with E-state index >= 15 is 0 Å². The molecule has 0 radical (unpaired) electrons. The largest absolute Gasteiger partial charge is 0.387 e. The first-order valence-corrected chi connectivity index (χ1v) is 8.49. The smallest absolute Gasteiger partial charge is 0.250 e. The summed E-state index contributed by atoms with van der Waals surface area (Å²) in [6, 6.07) is 11.3. The maximum Gasteiger partial charge on any atom is 0.250 e. The number of fused-ring (bicyclic) bond motifs is 1. The van der Waals surface area contributed by atoms with E-state index in [9.17, 15) is 4.79 Å². The summed E-state index contributed by atoms with van der Waals surface area (Å²) in [5, 5.41) is 19.4. The number of nitrogens with zero attached hydrogens (tertiary/aromatic N) is 1. The van der Waals surface area contributed by atoms with Crippen molar-refractivity contribution >= 4 is 40.0 Å². The van der Waals surface area contributed by atoms with Gasteiger partial charge in [-0.25, -0.2) is 4.98 Å². The highest BCUT2D eigenvalue weighted by atomic mass is 32.1. The third-order valence-corrected chi connectivity index (χ3v) is 4.15. The molecule has 0 aliphatic heterocycles. The molecule has 2 heterocycles. The fourth-order valence-corrected chi connectivity index (χ4v) is 2.72. The van der Waals surface area contributed by atoms with Gasteiger partial charge in [-0.05, 0) is 41.5 Å². The van der Waals surface area contributed by atoms with Crippen LogP contribution in [0.25, 0.3) is 11.0 Å². The first kappa shape index (κ1) is 17.8. The molecule has 0 unspecified atom stereocenters. The van der Waals surface area contributed by atoms with Crippen LogP contribution in [0.4, 0.5) is 5.69 Å². The SMILES string of the molecule is O=C(CO)Nc1ccccc1CNC(=S)NCc1ccnc2[nH]ccc12. The number of nitrogens with one attached hydrogen (secondary N) is 4. The lowest BCUT2D eigenvalue weighted by Gasteiger charge is -2.14. The Morgan fingerprint density at radius 2 is 1.88 bits per heavy atom. The number of para-hydroxylation sites is 1. The van der Waals surface area contributed by atoms with E-state index in [0.717, 1.165) is 22.2 Å². The summed E-state index contributed by atoms with van der Waals surface area (Å²) in [4.78, 5) is 18.7. The first-order chi connectivity index (χ1) is 12.7. The molecule has 134 valence electrons. The van der Waals surface area contributed by atoms with Crippen LogP contribution in [0.1, 0.15) is 11.1 Å². The summed E-state index contributed by atoms with van der Waals surface area (Å²) in [6.07, 6.45) is 3.61. The normalized spacial score (nSPS) is 10.5. The fraction of sp³-hybridized carbons (Fsp3) is 0.167. The molecule has 8 heteroatoms. The van der Waals surface area contributed by atoms with E-state index in [2.05, 4.69) is 25.9 Å². The van der Waals surface area contributed by atoms with E-state index in [-0.39, 0.29) is 0 Å². The zero-order valence-corrected chi connectivity index (χ0v) is 14.8. The Morgan fingerprint density at radius 1 is 1.12 bits per heavy atom. The maximum atomic E-state index is 11.4. The number of thiocarbonyl (C=S) groups is 1. The van der Waals surface area contributed by atoms with Crippen molar-refractivity contribution in [1.29, 1.82) is 0 Å². The summed E-state index contributed by atoms with van der Waals surface area (Å²) in [5.74, 6) is -0.452. The average Bonchev–Trinajstić information content (AvgIpc) is 3.15. The van der Waals surface area contributed by atoms with E-state index in [1.165, 1.54) is 0 Å². The van der Waals surface area contributed by atoms with Crippen molar-refractivity contribution < 1.29 is 9.90 Å². The highest BCUT2D eigenvalue weighted by Crippen LogP contribution is 2.15. The molecule has 0 saturated carbocycles. The van der Waals surface area contributed by atoms with Crippen molar-refractivity contribution in [2.24, 2.45) is 0 Å². The van der Waals surface area contributed by atoms with Gasteiger partial charge in [0.15, 0.2) is 5.11 Å². The van der Waals surface area contributed by atoms with E-state index in [4.69, 9.17) is 17.3 Å². The molecule has 3 aromatic rings. The Balaban J connectivity index is 1.56. The van der Waals surface area contributed by atoms with Crippen LogP contribution in [-0.4, -0.2) is 32.7 Å². The van der Waals surface area contributed by atoms with Crippen LogP contribution < -0.4 is 16.0 Å². The second-order valence-electron chi connectivity index (χ2n) is 5.61. The van der Waals surface area contributed by atoms with Crippen LogP contribution in [-0.2, 0) is 17.9 Å². The molecule has 3 rings (SSSR count). The Morgan fingerprint density at radius 3 is 2.69 bits per heavy atom. The van der Waals surface area contributed by atoms with Crippen molar-refractivity contribution in [3.05, 3.63) is 59.9 Å². The molecule has 0 spiro atoms. The van der Waals surface area contributed by atoms with Crippen molar-refractivity contribution in [2.75, 3.05) is 11.9 Å². The van der Waals surface area contributed by atoms with Gasteiger partial charge in [-0.1, -0.05) is 18.2 Å². The zero-order chi connectivity index (χ0) is 18.4. The van der Waals surface area contributed by atoms with Crippen LogP contribution in [0.3, 0.4) is 0 Å². The van der Waals surface area contributed by atoms with E-state index in [1.807, 2.05) is 36.5 Å². The number of hydrogen-bond donors (Lipinski definition) is 5. The number of carbonyl (C=O) groups excluding carboxylic acids is 1. The van der Waals surface area contributed by atoms with Crippen LogP contribution in [0.15, 0.2) is 48.8 Å². The number of aliphatic hydroxyl groups excluding tert-OH is 1. The number of H-pyrrole nitrogens is 1. The summed E-state index contributed by atoms with van der Waals surface area (Å²) < 4.78 is 0. The number of anilines is 1. The number of carbonyl (C=O) groups is 1. The molecule has 0 saturated heterocycles. The minimum atomic E-state index is -0.554. The van der Waals surface area contributed by atoms with E-state index < -0.39 is 12.5 Å². The molecule has 5 N–H and O–H groups in total. The molecule has 2 aromatic heterocycles. The predicted octanol–water partition coefficient (Wildman–Crippen LogP) is 1.66. The summed E-state index contributed by atoms with van der Waals surface area (Å²) >= 11 is 5.34. The van der Waals surface area contributed by atoms with Gasteiger partial charge in [0.05, 0.1) is 0 Å². The first-order valence-electron chi connectivity index (χ1n) is 8.08. The number of aliphatic hydroxyl groups is 1. The number of aromatic amines is 1. The maximum absolute atomic E-state index is 11.4. The molecule has 0 fully saturated rings. The molecular formula is C18H19N5O2S. The van der Waals surface area contributed by atoms with Gasteiger partial charge in [0, 0.05) is 36.6 Å². The Hall–Kier alpha value is -2.97. The molecule has 1 aromatic carbocycles. The van der Waals surface area contributed by atoms with Crippen LogP contribution >= 0.6 is 12.2 Å². The van der Waals surface area contributed by atoms with Gasteiger partial charge in [-0.15, -0.1) is 0 Å². The Labute approximate surface area is 155 Å². The molecule has 26 heavy (non-hydrogen) atoms. The van der Waals surface area contributed by atoms with Gasteiger partial charge in [0.1, 0.15) is 12.3 Å². The van der Waals surface area contributed by atoms with Gasteiger partial charge in [0.25, 0.3) is 0 Å². The van der Waals surface area contributed by atoms with Crippen molar-refractivity contribution in [3.63, 3.8) is 0 Å². The standard InChI is InChI=1S/C18H19N5O2S/c24-11-16(25)23-15-4-2-1-3-13(15)10-22-18(26)21-9-12-5-7-19-17-14(12)6-8-20-17/h1-8,24H,9-11H2,(H,19,20)(H,23,25)(H2,21,22,26). The topological polar surface area (TPSA) is 102 Å². The Kier molecular flexibility index (Phi) is 5.77. The lowest BCUT2D eigenvalue weighted by molar-refractivity contribution is -0.118. The van der Waals surface area contributed by atoms with Gasteiger partial charge < -0.3 is 26.0 Å². The monoisotopic (exact) mass is 369 g/mol. The van der Waals surface area contributed by atoms with Gasteiger partial charge in [-0.2, -0.15) is 0 Å². The van der Waals surface area contributed by atoms with Gasteiger partial charge in [0.2, 0.25) is 5.91 Å². The third kappa shape index (κ3) is 4.35. The summed E-state index contributed by atoms with van der Waals surface area (Å²) in [6.45, 7) is 0.469. The highest BCUT2D eigenvalue weighted by molar-refractivity contribution is 7.80. The van der Waals surface area contributed by atoms with Crippen molar-refractivity contribution in [3.8, 4) is 0 Å². The van der Waals surface area contributed by atoms with Gasteiger partial charge >= 0.3 is 0 Å². The highest BCUT2D eigenvalue weighted by Gasteiger charge is 2.07. The number of aromatic nitrogens is 2. The van der Waals surface area contributed by atoms with Crippen LogP contribution in [0.5, 0.6) is 0 Å². The molecule has 1 amide bonds. The van der Waals surface area contributed by atoms with Crippen molar-refractivity contribution in [1.82, 2.24) is 20.6 Å². The van der Waals surface area contributed by atoms with Crippen molar-refractivity contribution in [2.45, 2.75) is 13.1 Å². The molecule has 0 bridgehead atoms.